The highest BCUT2D eigenvalue weighted by Gasteiger charge is 2.16. The van der Waals surface area contributed by atoms with Crippen molar-refractivity contribution in [2.24, 2.45) is 7.05 Å². The molecule has 0 unspecified atom stereocenters. The molecule has 2 aromatic heterocycles. The second kappa shape index (κ2) is 5.80. The number of nitrogens with zero attached hydrogens (tertiary/aromatic N) is 4. The molecule has 2 N–H and O–H groups in total. The first-order valence-electron chi connectivity index (χ1n) is 6.25. The number of benzene rings is 1. The maximum absolute atomic E-state index is 12.3. The molecule has 3 aromatic rings. The van der Waals surface area contributed by atoms with Gasteiger partial charge in [-0.1, -0.05) is 23.2 Å². The monoisotopic (exact) mass is 369 g/mol. The van der Waals surface area contributed by atoms with Crippen LogP contribution in [0, 0.1) is 0 Å². The summed E-state index contributed by atoms with van der Waals surface area (Å²) < 4.78 is 1.98. The van der Waals surface area contributed by atoms with Crippen LogP contribution < -0.4 is 17.0 Å². The number of rotatable bonds is 2. The summed E-state index contributed by atoms with van der Waals surface area (Å²) in [5.74, 6) is 0. The lowest BCUT2D eigenvalue weighted by atomic mass is 10.3. The lowest BCUT2D eigenvalue weighted by molar-refractivity contribution is 0.659. The van der Waals surface area contributed by atoms with Crippen LogP contribution >= 0.6 is 34.5 Å². The van der Waals surface area contributed by atoms with E-state index in [1.54, 1.807) is 5.38 Å². The molecule has 7 nitrogen and oxygen atoms in total. The van der Waals surface area contributed by atoms with E-state index in [9.17, 15) is 9.59 Å². The van der Waals surface area contributed by atoms with Gasteiger partial charge in [-0.05, 0) is 18.2 Å². The van der Waals surface area contributed by atoms with Crippen molar-refractivity contribution in [3.05, 3.63) is 54.5 Å². The van der Waals surface area contributed by atoms with E-state index in [1.807, 2.05) is 0 Å². The van der Waals surface area contributed by atoms with Gasteiger partial charge in [-0.15, -0.1) is 11.3 Å². The highest BCUT2D eigenvalue weighted by atomic mass is 35.5. The summed E-state index contributed by atoms with van der Waals surface area (Å²) >= 11 is 13.1. The fourth-order valence-electron chi connectivity index (χ4n) is 1.96. The molecule has 1 aromatic carbocycles. The summed E-state index contributed by atoms with van der Waals surface area (Å²) in [5.41, 5.74) is 5.05. The average Bonchev–Trinajstić information content (AvgIpc) is 2.90. The van der Waals surface area contributed by atoms with Crippen molar-refractivity contribution in [2.45, 2.75) is 0 Å². The molecule has 0 aliphatic rings. The predicted octanol–water partition coefficient (Wildman–Crippen LogP) is 1.94. The topological polar surface area (TPSA) is 95.8 Å². The number of aromatic nitrogens is 4. The summed E-state index contributed by atoms with van der Waals surface area (Å²) in [6, 6.07) is 4.57. The Morgan fingerprint density at radius 2 is 1.83 bits per heavy atom. The van der Waals surface area contributed by atoms with Gasteiger partial charge < -0.3 is 5.73 Å². The minimum atomic E-state index is -0.625. The first kappa shape index (κ1) is 15.7. The maximum atomic E-state index is 12.3. The second-order valence-corrected chi connectivity index (χ2v) is 6.37. The molecule has 118 valence electrons. The van der Waals surface area contributed by atoms with E-state index in [2.05, 4.69) is 10.1 Å². The van der Waals surface area contributed by atoms with Crippen molar-refractivity contribution in [1.82, 2.24) is 19.3 Å². The van der Waals surface area contributed by atoms with Crippen LogP contribution in [0.4, 0.5) is 5.13 Å². The number of anilines is 1. The molecule has 23 heavy (non-hydrogen) atoms. The molecule has 3 rings (SSSR count). The summed E-state index contributed by atoms with van der Waals surface area (Å²) in [6.45, 7) is 0. The number of halogens is 2. The van der Waals surface area contributed by atoms with E-state index in [4.69, 9.17) is 28.9 Å². The number of hydrogen-bond donors (Lipinski definition) is 1. The van der Waals surface area contributed by atoms with E-state index < -0.39 is 11.2 Å². The van der Waals surface area contributed by atoms with Crippen LogP contribution in [0.5, 0.6) is 0 Å². The second-order valence-electron chi connectivity index (χ2n) is 4.61. The minimum absolute atomic E-state index is 0.0103. The Kier molecular flexibility index (Phi) is 3.97. The Balaban J connectivity index is 2.32. The van der Waals surface area contributed by atoms with Crippen molar-refractivity contribution in [3.63, 3.8) is 0 Å². The van der Waals surface area contributed by atoms with Gasteiger partial charge in [-0.3, -0.25) is 9.36 Å². The Morgan fingerprint density at radius 3 is 2.39 bits per heavy atom. The van der Waals surface area contributed by atoms with Gasteiger partial charge in [0.15, 0.2) is 10.8 Å². The minimum Gasteiger partial charge on any atom is -0.375 e. The molecule has 0 atom stereocenters. The molecule has 0 aliphatic carbocycles. The van der Waals surface area contributed by atoms with E-state index in [0.717, 1.165) is 9.25 Å². The average molecular weight is 370 g/mol. The highest BCUT2D eigenvalue weighted by Crippen LogP contribution is 2.22. The van der Waals surface area contributed by atoms with E-state index in [-0.39, 0.29) is 5.69 Å². The quantitative estimate of drug-likeness (QED) is 0.744. The van der Waals surface area contributed by atoms with Crippen LogP contribution in [-0.4, -0.2) is 19.3 Å². The number of nitrogen functional groups attached to an aromatic ring is 1. The number of nitrogens with two attached hydrogens (primary N) is 1. The van der Waals surface area contributed by atoms with Crippen LogP contribution in [0.15, 0.2) is 33.2 Å². The van der Waals surface area contributed by atoms with Gasteiger partial charge in [0.25, 0.3) is 5.56 Å². The zero-order chi connectivity index (χ0) is 16.7. The van der Waals surface area contributed by atoms with Crippen LogP contribution in [0.3, 0.4) is 0 Å². The van der Waals surface area contributed by atoms with Gasteiger partial charge in [0.05, 0.1) is 5.69 Å². The molecule has 2 heterocycles. The van der Waals surface area contributed by atoms with E-state index in [0.29, 0.717) is 26.6 Å². The highest BCUT2D eigenvalue weighted by molar-refractivity contribution is 7.13. The zero-order valence-corrected chi connectivity index (χ0v) is 14.0. The van der Waals surface area contributed by atoms with Gasteiger partial charge >= 0.3 is 5.69 Å². The van der Waals surface area contributed by atoms with Crippen molar-refractivity contribution in [1.29, 1.82) is 0 Å². The largest absolute Gasteiger partial charge is 0.375 e. The van der Waals surface area contributed by atoms with Crippen molar-refractivity contribution >= 4 is 39.7 Å². The normalized spacial score (nSPS) is 10.9. The standard InChI is InChI=1S/C13H9Cl2N5O2S/c1-19-11(21)10(9-5-23-12(16)17-9)18-20(13(19)22)8-3-6(14)2-7(15)4-8/h2-5H,1H3,(H2,16,17). The molecule has 0 fully saturated rings. The Labute approximate surface area is 143 Å². The summed E-state index contributed by atoms with van der Waals surface area (Å²) in [4.78, 5) is 28.6. The van der Waals surface area contributed by atoms with Crippen molar-refractivity contribution in [2.75, 3.05) is 5.73 Å². The van der Waals surface area contributed by atoms with E-state index in [1.165, 1.54) is 36.6 Å². The molecule has 0 aliphatic heterocycles. The molecule has 0 radical (unpaired) electrons. The smallest absolute Gasteiger partial charge is 0.351 e. The molecule has 0 saturated heterocycles. The molecule has 0 bridgehead atoms. The fourth-order valence-corrected chi connectivity index (χ4v) is 3.02. The maximum Gasteiger partial charge on any atom is 0.351 e. The van der Waals surface area contributed by atoms with Gasteiger partial charge in [-0.2, -0.15) is 9.78 Å². The lowest BCUT2D eigenvalue weighted by Crippen LogP contribution is -2.40. The third-order valence-electron chi connectivity index (χ3n) is 3.03. The summed E-state index contributed by atoms with van der Waals surface area (Å²) in [6.07, 6.45) is 0. The van der Waals surface area contributed by atoms with Gasteiger partial charge in [0.1, 0.15) is 5.69 Å². The molecule has 10 heteroatoms. The first-order chi connectivity index (χ1) is 10.9. The van der Waals surface area contributed by atoms with Gasteiger partial charge in [-0.25, -0.2) is 9.78 Å². The SMILES string of the molecule is Cn1c(=O)c(-c2csc(N)n2)nn(-c2cc(Cl)cc(Cl)c2)c1=O. The number of thiazole rings is 1. The number of hydrogen-bond acceptors (Lipinski definition) is 6. The Hall–Kier alpha value is -2.16. The van der Waals surface area contributed by atoms with Crippen molar-refractivity contribution < 1.29 is 0 Å². The third kappa shape index (κ3) is 2.88. The molecular weight excluding hydrogens is 361 g/mol. The lowest BCUT2D eigenvalue weighted by Gasteiger charge is -2.09. The summed E-state index contributed by atoms with van der Waals surface area (Å²) in [5, 5.41) is 6.69. The van der Waals surface area contributed by atoms with Crippen LogP contribution in [0.25, 0.3) is 17.1 Å². The van der Waals surface area contributed by atoms with Gasteiger partial charge in [0, 0.05) is 22.5 Å². The van der Waals surface area contributed by atoms with Gasteiger partial charge in [0.2, 0.25) is 0 Å². The summed E-state index contributed by atoms with van der Waals surface area (Å²) in [7, 11) is 1.36. The Bertz CT molecular complexity index is 1000. The predicted molar refractivity (Wildman–Crippen MR) is 90.6 cm³/mol. The molecule has 0 amide bonds. The first-order valence-corrected chi connectivity index (χ1v) is 7.88. The third-order valence-corrected chi connectivity index (χ3v) is 4.14. The zero-order valence-electron chi connectivity index (χ0n) is 11.7. The van der Waals surface area contributed by atoms with Crippen LogP contribution in [-0.2, 0) is 7.05 Å². The van der Waals surface area contributed by atoms with Crippen LogP contribution in [0.2, 0.25) is 10.0 Å². The molecule has 0 spiro atoms. The fraction of sp³-hybridized carbons (Fsp3) is 0.0769. The van der Waals surface area contributed by atoms with E-state index >= 15 is 0 Å². The Morgan fingerprint density at radius 1 is 1.17 bits per heavy atom. The molecule has 0 saturated carbocycles. The molecular formula is C13H9Cl2N5O2S. The van der Waals surface area contributed by atoms with Crippen molar-refractivity contribution in [3.8, 4) is 17.1 Å². The van der Waals surface area contributed by atoms with Crippen LogP contribution in [0.1, 0.15) is 0 Å².